The van der Waals surface area contributed by atoms with Crippen LogP contribution in [-0.4, -0.2) is 24.9 Å². The maximum atomic E-state index is 9.65. The molecule has 15 heavy (non-hydrogen) atoms. The summed E-state index contributed by atoms with van der Waals surface area (Å²) >= 11 is 1.79. The van der Waals surface area contributed by atoms with Crippen LogP contribution in [0.1, 0.15) is 30.6 Å². The lowest BCUT2D eigenvalue weighted by Gasteiger charge is -2.09. The van der Waals surface area contributed by atoms with E-state index in [-0.39, 0.29) is 6.10 Å². The molecule has 0 aliphatic heterocycles. The number of thiophene rings is 1. The maximum absolute atomic E-state index is 9.65. The van der Waals surface area contributed by atoms with Crippen LogP contribution in [-0.2, 0) is 11.2 Å². The van der Waals surface area contributed by atoms with E-state index in [1.165, 1.54) is 4.88 Å². The van der Waals surface area contributed by atoms with Crippen molar-refractivity contribution in [3.05, 3.63) is 22.4 Å². The lowest BCUT2D eigenvalue weighted by molar-refractivity contribution is 0.127. The average Bonchev–Trinajstić information content (AvgIpc) is 2.71. The molecule has 0 fully saturated rings. The van der Waals surface area contributed by atoms with Gasteiger partial charge in [-0.05, 0) is 43.6 Å². The second-order valence-corrected chi connectivity index (χ2v) is 4.79. The second-order valence-electron chi connectivity index (χ2n) is 3.76. The van der Waals surface area contributed by atoms with E-state index in [0.717, 1.165) is 38.7 Å². The first-order chi connectivity index (χ1) is 7.33. The van der Waals surface area contributed by atoms with Gasteiger partial charge in [-0.3, -0.25) is 0 Å². The second kappa shape index (κ2) is 7.85. The minimum atomic E-state index is -0.153. The fraction of sp³-hybridized carbons (Fsp3) is 0.667. The lowest BCUT2D eigenvalue weighted by atomic mass is 10.1. The predicted octanol–water partition coefficient (Wildman–Crippen LogP) is 2.86. The molecule has 0 saturated heterocycles. The first kappa shape index (κ1) is 12.7. The third-order valence-electron chi connectivity index (χ3n) is 2.43. The molecule has 1 aromatic heterocycles. The zero-order chi connectivity index (χ0) is 10.9. The van der Waals surface area contributed by atoms with Crippen LogP contribution in [0.5, 0.6) is 0 Å². The van der Waals surface area contributed by atoms with Crippen LogP contribution < -0.4 is 0 Å². The van der Waals surface area contributed by atoms with Gasteiger partial charge in [0, 0.05) is 18.6 Å². The first-order valence-electron chi connectivity index (χ1n) is 5.52. The molecule has 1 atom stereocenters. The van der Waals surface area contributed by atoms with Gasteiger partial charge in [0.2, 0.25) is 0 Å². The number of aliphatic hydroxyl groups is 1. The molecule has 0 amide bonds. The Bertz CT molecular complexity index is 234. The van der Waals surface area contributed by atoms with Gasteiger partial charge in [0.15, 0.2) is 0 Å². The highest BCUT2D eigenvalue weighted by Gasteiger charge is 2.03. The van der Waals surface area contributed by atoms with Crippen LogP contribution in [0.2, 0.25) is 0 Å². The molecule has 0 saturated carbocycles. The van der Waals surface area contributed by atoms with Gasteiger partial charge in [-0.2, -0.15) is 0 Å². The molecule has 0 bridgehead atoms. The number of hydrogen-bond acceptors (Lipinski definition) is 3. The number of methoxy groups -OCH3 is 1. The van der Waals surface area contributed by atoms with E-state index >= 15 is 0 Å². The number of aryl methyl sites for hydroxylation is 1. The molecule has 1 rings (SSSR count). The molecule has 0 spiro atoms. The van der Waals surface area contributed by atoms with Crippen molar-refractivity contribution in [3.63, 3.8) is 0 Å². The summed E-state index contributed by atoms with van der Waals surface area (Å²) in [5.41, 5.74) is 0. The van der Waals surface area contributed by atoms with Gasteiger partial charge in [0.25, 0.3) is 0 Å². The Morgan fingerprint density at radius 3 is 2.87 bits per heavy atom. The fourth-order valence-electron chi connectivity index (χ4n) is 1.57. The summed E-state index contributed by atoms with van der Waals surface area (Å²) in [7, 11) is 1.70. The van der Waals surface area contributed by atoms with Crippen molar-refractivity contribution in [1.82, 2.24) is 0 Å². The Morgan fingerprint density at radius 2 is 2.20 bits per heavy atom. The number of rotatable bonds is 8. The van der Waals surface area contributed by atoms with Gasteiger partial charge in [-0.25, -0.2) is 0 Å². The molecule has 0 aliphatic carbocycles. The molecule has 3 heteroatoms. The summed E-state index contributed by atoms with van der Waals surface area (Å²) in [6.45, 7) is 0.752. The van der Waals surface area contributed by atoms with Crippen LogP contribution in [0.3, 0.4) is 0 Å². The van der Waals surface area contributed by atoms with Crippen molar-refractivity contribution < 1.29 is 9.84 Å². The van der Waals surface area contributed by atoms with E-state index in [9.17, 15) is 5.11 Å². The van der Waals surface area contributed by atoms with Crippen LogP contribution in [0.4, 0.5) is 0 Å². The summed E-state index contributed by atoms with van der Waals surface area (Å²) in [4.78, 5) is 1.42. The number of hydrogen-bond donors (Lipinski definition) is 1. The molecule has 2 nitrogen and oxygen atoms in total. The van der Waals surface area contributed by atoms with Crippen molar-refractivity contribution in [1.29, 1.82) is 0 Å². The van der Waals surface area contributed by atoms with Crippen LogP contribution in [0, 0.1) is 0 Å². The van der Waals surface area contributed by atoms with Crippen LogP contribution in [0.25, 0.3) is 0 Å². The standard InChI is InChI=1S/C12H20O2S/c1-14-9-3-6-11(13)5-2-7-12-8-4-10-15-12/h4,8,10-11,13H,2-3,5-7,9H2,1H3. The molecule has 0 radical (unpaired) electrons. The zero-order valence-electron chi connectivity index (χ0n) is 9.32. The van der Waals surface area contributed by atoms with Crippen LogP contribution in [0.15, 0.2) is 17.5 Å². The highest BCUT2D eigenvalue weighted by Crippen LogP contribution is 2.14. The first-order valence-corrected chi connectivity index (χ1v) is 6.40. The molecule has 0 aliphatic rings. The summed E-state index contributed by atoms with van der Waals surface area (Å²) in [6.07, 6.45) is 4.74. The van der Waals surface area contributed by atoms with E-state index in [1.54, 1.807) is 18.4 Å². The Kier molecular flexibility index (Phi) is 6.64. The van der Waals surface area contributed by atoms with Gasteiger partial charge in [0.1, 0.15) is 0 Å². The van der Waals surface area contributed by atoms with Gasteiger partial charge in [-0.1, -0.05) is 6.07 Å². The van der Waals surface area contributed by atoms with E-state index < -0.39 is 0 Å². The minimum Gasteiger partial charge on any atom is -0.393 e. The largest absolute Gasteiger partial charge is 0.393 e. The van der Waals surface area contributed by atoms with Gasteiger partial charge in [0.05, 0.1) is 6.10 Å². The lowest BCUT2D eigenvalue weighted by Crippen LogP contribution is -2.07. The molecule has 1 N–H and O–H groups in total. The fourth-order valence-corrected chi connectivity index (χ4v) is 2.33. The van der Waals surface area contributed by atoms with Crippen molar-refractivity contribution in [2.75, 3.05) is 13.7 Å². The summed E-state index contributed by atoms with van der Waals surface area (Å²) in [5, 5.41) is 11.8. The maximum Gasteiger partial charge on any atom is 0.0541 e. The monoisotopic (exact) mass is 228 g/mol. The Morgan fingerprint density at radius 1 is 1.40 bits per heavy atom. The van der Waals surface area contributed by atoms with Crippen molar-refractivity contribution in [2.24, 2.45) is 0 Å². The van der Waals surface area contributed by atoms with E-state index in [0.29, 0.717) is 0 Å². The number of aliphatic hydroxyl groups excluding tert-OH is 1. The SMILES string of the molecule is COCCCC(O)CCCc1cccs1. The molecule has 1 unspecified atom stereocenters. The zero-order valence-corrected chi connectivity index (χ0v) is 10.1. The normalized spacial score (nSPS) is 12.9. The summed E-state index contributed by atoms with van der Waals surface area (Å²) < 4.78 is 4.95. The number of ether oxygens (including phenoxy) is 1. The highest BCUT2D eigenvalue weighted by molar-refractivity contribution is 7.09. The third-order valence-corrected chi connectivity index (χ3v) is 3.36. The minimum absolute atomic E-state index is 0.153. The van der Waals surface area contributed by atoms with Crippen molar-refractivity contribution in [2.45, 2.75) is 38.2 Å². The molecule has 86 valence electrons. The van der Waals surface area contributed by atoms with Crippen LogP contribution >= 0.6 is 11.3 Å². The van der Waals surface area contributed by atoms with Crippen molar-refractivity contribution >= 4 is 11.3 Å². The van der Waals surface area contributed by atoms with Crippen molar-refractivity contribution in [3.8, 4) is 0 Å². The van der Waals surface area contributed by atoms with Gasteiger partial charge >= 0.3 is 0 Å². The molecular formula is C12H20O2S. The molecule has 1 heterocycles. The van der Waals surface area contributed by atoms with E-state index in [2.05, 4.69) is 17.5 Å². The summed E-state index contributed by atoms with van der Waals surface area (Å²) in [5.74, 6) is 0. The summed E-state index contributed by atoms with van der Waals surface area (Å²) in [6, 6.07) is 4.23. The Labute approximate surface area is 95.9 Å². The molecule has 0 aromatic carbocycles. The highest BCUT2D eigenvalue weighted by atomic mass is 32.1. The van der Waals surface area contributed by atoms with E-state index in [1.807, 2.05) is 0 Å². The average molecular weight is 228 g/mol. The van der Waals surface area contributed by atoms with Gasteiger partial charge in [-0.15, -0.1) is 11.3 Å². The smallest absolute Gasteiger partial charge is 0.0541 e. The van der Waals surface area contributed by atoms with E-state index in [4.69, 9.17) is 4.74 Å². The predicted molar refractivity (Wildman–Crippen MR) is 64.4 cm³/mol. The molecule has 1 aromatic rings. The Balaban J connectivity index is 1.99. The van der Waals surface area contributed by atoms with Gasteiger partial charge < -0.3 is 9.84 Å². The topological polar surface area (TPSA) is 29.5 Å². The Hall–Kier alpha value is -0.380. The molecular weight excluding hydrogens is 208 g/mol. The quantitative estimate of drug-likeness (QED) is 0.693. The third kappa shape index (κ3) is 5.92.